The van der Waals surface area contributed by atoms with E-state index >= 15 is 0 Å². The molecule has 1 aromatic carbocycles. The van der Waals surface area contributed by atoms with Crippen molar-refractivity contribution in [3.8, 4) is 17.6 Å². The Hall–Kier alpha value is -1.48. The largest absolute Gasteiger partial charge is 0.493 e. The van der Waals surface area contributed by atoms with Crippen LogP contribution in [0.3, 0.4) is 0 Å². The number of aliphatic hydroxyl groups excluding tert-OH is 1. The minimum absolute atomic E-state index is 0.130. The second-order valence-corrected chi connectivity index (χ2v) is 6.14. The van der Waals surface area contributed by atoms with Gasteiger partial charge < -0.3 is 9.84 Å². The molecule has 1 heterocycles. The average molecular weight is 305 g/mol. The van der Waals surface area contributed by atoms with Crippen LogP contribution in [0.5, 0.6) is 5.75 Å². The molecule has 2 rings (SSSR count). The topological polar surface area (TPSA) is 42.4 Å². The van der Waals surface area contributed by atoms with Crippen molar-refractivity contribution in [2.45, 2.75) is 11.3 Å². The maximum atomic E-state index is 8.67. The third-order valence-corrected chi connectivity index (χ3v) is 4.42. The molecule has 5 heteroatoms. The monoisotopic (exact) mass is 305 g/mol. The van der Waals surface area contributed by atoms with Gasteiger partial charge >= 0.3 is 0 Å². The molecule has 0 saturated heterocycles. The molecule has 0 amide bonds. The SMILES string of the molecule is Cc1csc(SCCOc2cccc(C#CCO)c2)n1. The zero-order chi connectivity index (χ0) is 14.2. The van der Waals surface area contributed by atoms with Gasteiger partial charge in [0.1, 0.15) is 16.7 Å². The first-order valence-corrected chi connectivity index (χ1v) is 8.02. The zero-order valence-corrected chi connectivity index (χ0v) is 12.8. The van der Waals surface area contributed by atoms with Crippen molar-refractivity contribution in [2.24, 2.45) is 0 Å². The molecule has 0 aliphatic carbocycles. The highest BCUT2D eigenvalue weighted by Gasteiger charge is 2.00. The van der Waals surface area contributed by atoms with E-state index in [2.05, 4.69) is 16.8 Å². The summed E-state index contributed by atoms with van der Waals surface area (Å²) in [6.07, 6.45) is 0. The molecule has 0 radical (unpaired) electrons. The Kier molecular flexibility index (Phi) is 5.93. The van der Waals surface area contributed by atoms with Gasteiger partial charge in [0.2, 0.25) is 0 Å². The van der Waals surface area contributed by atoms with E-state index < -0.39 is 0 Å². The number of hydrogen-bond acceptors (Lipinski definition) is 5. The van der Waals surface area contributed by atoms with Crippen LogP contribution < -0.4 is 4.74 Å². The van der Waals surface area contributed by atoms with E-state index in [0.29, 0.717) is 6.61 Å². The predicted molar refractivity (Wildman–Crippen MR) is 83.5 cm³/mol. The van der Waals surface area contributed by atoms with E-state index in [4.69, 9.17) is 9.84 Å². The standard InChI is InChI=1S/C15H15NO2S2/c1-12-11-20-15(16-12)19-9-8-18-14-6-2-4-13(10-14)5-3-7-17/h2,4,6,10-11,17H,7-9H2,1H3. The first kappa shape index (κ1) is 14.9. The van der Waals surface area contributed by atoms with Gasteiger partial charge in [-0.05, 0) is 25.1 Å². The van der Waals surface area contributed by atoms with Crippen LogP contribution in [0.2, 0.25) is 0 Å². The Morgan fingerprint density at radius 2 is 2.35 bits per heavy atom. The molecule has 20 heavy (non-hydrogen) atoms. The summed E-state index contributed by atoms with van der Waals surface area (Å²) in [6.45, 7) is 2.49. The van der Waals surface area contributed by atoms with Gasteiger partial charge in [0.05, 0.1) is 6.61 Å². The zero-order valence-electron chi connectivity index (χ0n) is 11.1. The lowest BCUT2D eigenvalue weighted by molar-refractivity contribution is 0.344. The maximum Gasteiger partial charge on any atom is 0.150 e. The summed E-state index contributed by atoms with van der Waals surface area (Å²) in [5.41, 5.74) is 1.91. The molecule has 0 aliphatic heterocycles. The Morgan fingerprint density at radius 3 is 3.10 bits per heavy atom. The number of hydrogen-bond donors (Lipinski definition) is 1. The smallest absolute Gasteiger partial charge is 0.150 e. The molecular weight excluding hydrogens is 290 g/mol. The molecule has 0 aliphatic rings. The van der Waals surface area contributed by atoms with Crippen molar-refractivity contribution in [3.63, 3.8) is 0 Å². The number of aromatic nitrogens is 1. The van der Waals surface area contributed by atoms with Gasteiger partial charge in [0.25, 0.3) is 0 Å². The summed E-state index contributed by atoms with van der Waals surface area (Å²) >= 11 is 3.36. The molecule has 0 atom stereocenters. The molecule has 1 aromatic heterocycles. The fraction of sp³-hybridized carbons (Fsp3) is 0.267. The summed E-state index contributed by atoms with van der Waals surface area (Å²) in [4.78, 5) is 4.39. The summed E-state index contributed by atoms with van der Waals surface area (Å²) in [6, 6.07) is 7.57. The molecular formula is C15H15NO2S2. The fourth-order valence-electron chi connectivity index (χ4n) is 1.49. The summed E-state index contributed by atoms with van der Waals surface area (Å²) in [5.74, 6) is 7.14. The van der Waals surface area contributed by atoms with Crippen molar-refractivity contribution in [2.75, 3.05) is 19.0 Å². The van der Waals surface area contributed by atoms with Crippen LogP contribution in [-0.2, 0) is 0 Å². The lowest BCUT2D eigenvalue weighted by atomic mass is 10.2. The third kappa shape index (κ3) is 4.89. The van der Waals surface area contributed by atoms with Crippen LogP contribution in [0.15, 0.2) is 34.0 Å². The Morgan fingerprint density at radius 1 is 1.45 bits per heavy atom. The second kappa shape index (κ2) is 7.95. The molecule has 0 spiro atoms. The predicted octanol–water partition coefficient (Wildman–Crippen LogP) is 2.97. The van der Waals surface area contributed by atoms with Crippen LogP contribution in [0.1, 0.15) is 11.3 Å². The van der Waals surface area contributed by atoms with Gasteiger partial charge in [0.15, 0.2) is 0 Å². The van der Waals surface area contributed by atoms with Crippen LogP contribution >= 0.6 is 23.1 Å². The number of benzene rings is 1. The van der Waals surface area contributed by atoms with Crippen molar-refractivity contribution < 1.29 is 9.84 Å². The van der Waals surface area contributed by atoms with Crippen LogP contribution in [0.4, 0.5) is 0 Å². The Balaban J connectivity index is 1.79. The van der Waals surface area contributed by atoms with Gasteiger partial charge in [0, 0.05) is 22.4 Å². The molecule has 104 valence electrons. The van der Waals surface area contributed by atoms with Crippen LogP contribution in [-0.4, -0.2) is 29.1 Å². The van der Waals surface area contributed by atoms with Gasteiger partial charge in [-0.25, -0.2) is 4.98 Å². The first-order valence-electron chi connectivity index (χ1n) is 6.15. The average Bonchev–Trinajstić information content (AvgIpc) is 2.87. The molecule has 3 nitrogen and oxygen atoms in total. The molecule has 0 fully saturated rings. The second-order valence-electron chi connectivity index (χ2n) is 3.94. The highest BCUT2D eigenvalue weighted by Crippen LogP contribution is 2.22. The fourth-order valence-corrected chi connectivity index (χ4v) is 3.23. The number of nitrogens with zero attached hydrogens (tertiary/aromatic N) is 1. The molecule has 2 aromatic rings. The summed E-state index contributed by atoms with van der Waals surface area (Å²) in [5, 5.41) is 10.7. The molecule has 0 bridgehead atoms. The minimum atomic E-state index is -0.130. The highest BCUT2D eigenvalue weighted by atomic mass is 32.2. The van der Waals surface area contributed by atoms with E-state index in [0.717, 1.165) is 27.1 Å². The van der Waals surface area contributed by atoms with Gasteiger partial charge in [-0.2, -0.15) is 0 Å². The summed E-state index contributed by atoms with van der Waals surface area (Å²) in [7, 11) is 0. The van der Waals surface area contributed by atoms with E-state index in [1.807, 2.05) is 36.6 Å². The normalized spacial score (nSPS) is 9.90. The first-order chi connectivity index (χ1) is 9.78. The lowest BCUT2D eigenvalue weighted by Gasteiger charge is -2.05. The van der Waals surface area contributed by atoms with E-state index in [1.165, 1.54) is 0 Å². The third-order valence-electron chi connectivity index (χ3n) is 2.32. The van der Waals surface area contributed by atoms with E-state index in [9.17, 15) is 0 Å². The Bertz CT molecular complexity index is 614. The van der Waals surface area contributed by atoms with Crippen molar-refractivity contribution in [1.29, 1.82) is 0 Å². The number of thiazole rings is 1. The van der Waals surface area contributed by atoms with Gasteiger partial charge in [-0.1, -0.05) is 29.7 Å². The van der Waals surface area contributed by atoms with Gasteiger partial charge in [-0.15, -0.1) is 11.3 Å². The minimum Gasteiger partial charge on any atom is -0.493 e. The van der Waals surface area contributed by atoms with E-state index in [1.54, 1.807) is 23.1 Å². The molecule has 0 unspecified atom stereocenters. The number of ether oxygens (including phenoxy) is 1. The Labute approximate surface area is 127 Å². The quantitative estimate of drug-likeness (QED) is 0.524. The molecule has 0 saturated carbocycles. The summed E-state index contributed by atoms with van der Waals surface area (Å²) < 4.78 is 6.76. The van der Waals surface area contributed by atoms with E-state index in [-0.39, 0.29) is 6.61 Å². The number of aryl methyl sites for hydroxylation is 1. The van der Waals surface area contributed by atoms with Crippen molar-refractivity contribution >= 4 is 23.1 Å². The number of aliphatic hydroxyl groups is 1. The molecule has 1 N–H and O–H groups in total. The number of thioether (sulfide) groups is 1. The van der Waals surface area contributed by atoms with Crippen LogP contribution in [0.25, 0.3) is 0 Å². The highest BCUT2D eigenvalue weighted by molar-refractivity contribution is 8.01. The number of rotatable bonds is 5. The van der Waals surface area contributed by atoms with Crippen LogP contribution in [0, 0.1) is 18.8 Å². The van der Waals surface area contributed by atoms with Gasteiger partial charge in [-0.3, -0.25) is 0 Å². The van der Waals surface area contributed by atoms with Crippen molar-refractivity contribution in [1.82, 2.24) is 4.98 Å². The lowest BCUT2D eigenvalue weighted by Crippen LogP contribution is -2.00. The maximum absolute atomic E-state index is 8.67. The van der Waals surface area contributed by atoms with Crippen molar-refractivity contribution in [3.05, 3.63) is 40.9 Å².